The van der Waals surface area contributed by atoms with Crippen molar-refractivity contribution in [2.75, 3.05) is 4.90 Å². The van der Waals surface area contributed by atoms with Gasteiger partial charge in [0.15, 0.2) is 0 Å². The maximum absolute atomic E-state index is 2.42. The van der Waals surface area contributed by atoms with Crippen molar-refractivity contribution in [2.45, 2.75) is 19.3 Å². The quantitative estimate of drug-likeness (QED) is 0.201. The molecule has 7 aromatic carbocycles. The summed E-state index contributed by atoms with van der Waals surface area (Å²) in [5, 5.41) is 2.47. The van der Waals surface area contributed by atoms with Gasteiger partial charge in [0.1, 0.15) is 0 Å². The zero-order chi connectivity index (χ0) is 29.7. The first kappa shape index (κ1) is 26.2. The number of rotatable bonds is 5. The van der Waals surface area contributed by atoms with Gasteiger partial charge in [0, 0.05) is 22.2 Å². The molecular weight excluding hydrogens is 530 g/mol. The first-order valence-corrected chi connectivity index (χ1v) is 15.4. The molecule has 0 atom stereocenters. The number of benzene rings is 7. The van der Waals surface area contributed by atoms with Crippen molar-refractivity contribution in [2.24, 2.45) is 0 Å². The van der Waals surface area contributed by atoms with Crippen LogP contribution in [0.2, 0.25) is 0 Å². The van der Waals surface area contributed by atoms with Crippen LogP contribution in [0, 0.1) is 0 Å². The minimum absolute atomic E-state index is 0.0877. The van der Waals surface area contributed by atoms with Gasteiger partial charge in [0.2, 0.25) is 0 Å². The van der Waals surface area contributed by atoms with Crippen LogP contribution in [0.3, 0.4) is 0 Å². The lowest BCUT2D eigenvalue weighted by atomic mass is 9.82. The predicted octanol–water partition coefficient (Wildman–Crippen LogP) is 11.9. The fourth-order valence-electron chi connectivity index (χ4n) is 7.14. The summed E-state index contributed by atoms with van der Waals surface area (Å²) < 4.78 is 0. The smallest absolute Gasteiger partial charge is 0.0540 e. The molecule has 1 heteroatoms. The molecule has 0 saturated carbocycles. The summed E-state index contributed by atoms with van der Waals surface area (Å²) >= 11 is 0. The zero-order valence-corrected chi connectivity index (χ0v) is 25.0. The van der Waals surface area contributed by atoms with Crippen LogP contribution in [0.15, 0.2) is 164 Å². The summed E-state index contributed by atoms with van der Waals surface area (Å²) in [4.78, 5) is 2.42. The monoisotopic (exact) mass is 563 g/mol. The van der Waals surface area contributed by atoms with E-state index in [0.717, 1.165) is 11.4 Å². The van der Waals surface area contributed by atoms with Gasteiger partial charge in [-0.25, -0.2) is 0 Å². The van der Waals surface area contributed by atoms with Crippen LogP contribution in [0.1, 0.15) is 25.0 Å². The molecule has 0 fully saturated rings. The van der Waals surface area contributed by atoms with E-state index in [0.29, 0.717) is 0 Å². The van der Waals surface area contributed by atoms with Gasteiger partial charge < -0.3 is 4.90 Å². The molecule has 44 heavy (non-hydrogen) atoms. The number of hydrogen-bond donors (Lipinski definition) is 0. The number of hydrogen-bond acceptors (Lipinski definition) is 1. The molecule has 0 radical (unpaired) electrons. The highest BCUT2D eigenvalue weighted by Crippen LogP contribution is 2.54. The number of nitrogens with zero attached hydrogens (tertiary/aromatic N) is 1. The molecule has 210 valence electrons. The Morgan fingerprint density at radius 2 is 1.02 bits per heavy atom. The molecule has 8 rings (SSSR count). The molecule has 0 aliphatic heterocycles. The fraction of sp³-hybridized carbons (Fsp3) is 0.0698. The third-order valence-electron chi connectivity index (χ3n) is 9.27. The largest absolute Gasteiger partial charge is 0.310 e. The zero-order valence-electron chi connectivity index (χ0n) is 25.0. The molecule has 0 unspecified atom stereocenters. The Labute approximate surface area is 259 Å². The van der Waals surface area contributed by atoms with E-state index in [1.807, 2.05) is 0 Å². The van der Waals surface area contributed by atoms with Crippen LogP contribution in [0.25, 0.3) is 44.2 Å². The van der Waals surface area contributed by atoms with Crippen LogP contribution in [-0.2, 0) is 5.41 Å². The lowest BCUT2D eigenvalue weighted by molar-refractivity contribution is 0.660. The first-order chi connectivity index (χ1) is 21.6. The van der Waals surface area contributed by atoms with E-state index in [1.165, 1.54) is 61.0 Å². The molecule has 1 nitrogen and oxygen atoms in total. The summed E-state index contributed by atoms with van der Waals surface area (Å²) in [5.74, 6) is 0. The van der Waals surface area contributed by atoms with Gasteiger partial charge in [-0.15, -0.1) is 0 Å². The fourth-order valence-corrected chi connectivity index (χ4v) is 7.14. The second-order valence-electron chi connectivity index (χ2n) is 12.2. The Bertz CT molecular complexity index is 2130. The first-order valence-electron chi connectivity index (χ1n) is 15.4. The summed E-state index contributed by atoms with van der Waals surface area (Å²) in [7, 11) is 0. The molecule has 0 bridgehead atoms. The Hall–Kier alpha value is -5.40. The minimum atomic E-state index is -0.0877. The van der Waals surface area contributed by atoms with Gasteiger partial charge in [-0.1, -0.05) is 147 Å². The Balaban J connectivity index is 1.37. The second kappa shape index (κ2) is 10.4. The van der Waals surface area contributed by atoms with Gasteiger partial charge in [-0.05, 0) is 80.2 Å². The van der Waals surface area contributed by atoms with E-state index in [4.69, 9.17) is 0 Å². The van der Waals surface area contributed by atoms with Crippen molar-refractivity contribution in [3.63, 3.8) is 0 Å². The van der Waals surface area contributed by atoms with Gasteiger partial charge in [0.25, 0.3) is 0 Å². The molecule has 0 spiro atoms. The Morgan fingerprint density at radius 3 is 1.73 bits per heavy atom. The van der Waals surface area contributed by atoms with Crippen molar-refractivity contribution in [3.05, 3.63) is 175 Å². The summed E-state index contributed by atoms with van der Waals surface area (Å²) in [6.45, 7) is 4.72. The van der Waals surface area contributed by atoms with Gasteiger partial charge in [0.05, 0.1) is 5.69 Å². The highest BCUT2D eigenvalue weighted by molar-refractivity contribution is 6.06. The lowest BCUT2D eigenvalue weighted by Gasteiger charge is -2.28. The number of fused-ring (bicyclic) bond motifs is 4. The topological polar surface area (TPSA) is 3.24 Å². The molecule has 0 saturated heterocycles. The molecule has 0 aromatic heterocycles. The minimum Gasteiger partial charge on any atom is -0.310 e. The molecule has 0 amide bonds. The van der Waals surface area contributed by atoms with Gasteiger partial charge in [-0.2, -0.15) is 0 Å². The van der Waals surface area contributed by atoms with E-state index >= 15 is 0 Å². The Kier molecular flexibility index (Phi) is 6.20. The Morgan fingerprint density at radius 1 is 0.409 bits per heavy atom. The molecular formula is C43H33N. The van der Waals surface area contributed by atoms with E-state index in [9.17, 15) is 0 Å². The molecule has 1 aliphatic carbocycles. The molecule has 0 heterocycles. The third-order valence-corrected chi connectivity index (χ3v) is 9.27. The van der Waals surface area contributed by atoms with Crippen LogP contribution in [-0.4, -0.2) is 0 Å². The van der Waals surface area contributed by atoms with Crippen molar-refractivity contribution < 1.29 is 0 Å². The molecule has 7 aromatic rings. The normalized spacial score (nSPS) is 13.0. The maximum Gasteiger partial charge on any atom is 0.0540 e. The highest BCUT2D eigenvalue weighted by atomic mass is 15.1. The standard InChI is InChI=1S/C43H33N/c1-43(2)39-27-25-33(29-38(39)42-35(23-14-24-40(42)43)31-17-8-4-9-18-31)44(32-19-10-5-11-20-32)41-28-26-34(30-15-6-3-7-16-30)36-21-12-13-22-37(36)41/h3-29H,1-2H3. The van der Waals surface area contributed by atoms with E-state index in [-0.39, 0.29) is 5.41 Å². The second-order valence-corrected chi connectivity index (χ2v) is 12.2. The average molecular weight is 564 g/mol. The van der Waals surface area contributed by atoms with Crippen LogP contribution < -0.4 is 4.90 Å². The predicted molar refractivity (Wildman–Crippen MR) is 187 cm³/mol. The van der Waals surface area contributed by atoms with Crippen molar-refractivity contribution >= 4 is 27.8 Å². The van der Waals surface area contributed by atoms with Gasteiger partial charge in [-0.3, -0.25) is 0 Å². The summed E-state index contributed by atoms with van der Waals surface area (Å²) in [6.07, 6.45) is 0. The SMILES string of the molecule is CC1(C)c2ccc(N(c3ccccc3)c3ccc(-c4ccccc4)c4ccccc34)cc2-c2c(-c3ccccc3)cccc21. The summed E-state index contributed by atoms with van der Waals surface area (Å²) in [6, 6.07) is 59.5. The van der Waals surface area contributed by atoms with Crippen molar-refractivity contribution in [1.29, 1.82) is 0 Å². The third kappa shape index (κ3) is 4.16. The highest BCUT2D eigenvalue weighted by Gasteiger charge is 2.37. The van der Waals surface area contributed by atoms with Gasteiger partial charge >= 0.3 is 0 Å². The van der Waals surface area contributed by atoms with Crippen LogP contribution >= 0.6 is 0 Å². The van der Waals surface area contributed by atoms with Crippen molar-refractivity contribution in [3.8, 4) is 33.4 Å². The maximum atomic E-state index is 2.42. The average Bonchev–Trinajstić information content (AvgIpc) is 3.32. The van der Waals surface area contributed by atoms with E-state index in [2.05, 4.69) is 183 Å². The summed E-state index contributed by atoms with van der Waals surface area (Å²) in [5.41, 5.74) is 13.8. The van der Waals surface area contributed by atoms with E-state index < -0.39 is 0 Å². The lowest BCUT2D eigenvalue weighted by Crippen LogP contribution is -2.15. The van der Waals surface area contributed by atoms with Crippen LogP contribution in [0.5, 0.6) is 0 Å². The number of anilines is 3. The number of para-hydroxylation sites is 1. The van der Waals surface area contributed by atoms with E-state index in [1.54, 1.807) is 0 Å². The molecule has 0 N–H and O–H groups in total. The van der Waals surface area contributed by atoms with Crippen LogP contribution in [0.4, 0.5) is 17.1 Å². The van der Waals surface area contributed by atoms with Crippen molar-refractivity contribution in [1.82, 2.24) is 0 Å². The molecule has 1 aliphatic rings.